The molecule has 0 saturated carbocycles. The first-order chi connectivity index (χ1) is 22.4. The van der Waals surface area contributed by atoms with Gasteiger partial charge in [0.05, 0.1) is 30.8 Å². The highest BCUT2D eigenvalue weighted by Crippen LogP contribution is 2.00. The predicted molar refractivity (Wildman–Crippen MR) is 182 cm³/mol. The molecule has 22 heteroatoms. The summed E-state index contributed by atoms with van der Waals surface area (Å²) in [5, 5.41) is 64.0. The lowest BCUT2D eigenvalue weighted by Crippen LogP contribution is -2.46. The number of amides is 2. The SMILES string of the molecule is CC(=O)O.CC(=O)O.CC(=O)O.CC(=O)O.CC(CN)C(=O)O.CC1CNC1=O.CC1CNC1=O.CO.CO.CO.COC(=O)C(C)CN.O. The Bertz CT molecular complexity index is 759. The van der Waals surface area contributed by atoms with Gasteiger partial charge in [-0.05, 0) is 0 Å². The Balaban J connectivity index is -0.0000000451. The zero-order chi connectivity index (χ0) is 41.9. The molecule has 22 nitrogen and oxygen atoms in total. The van der Waals surface area contributed by atoms with Crippen LogP contribution in [0.2, 0.25) is 0 Å². The number of β-lactam (4-membered cyclic amide) rings is 2. The second-order valence-corrected chi connectivity index (χ2v) is 8.50. The minimum Gasteiger partial charge on any atom is -0.481 e. The van der Waals surface area contributed by atoms with E-state index in [0.29, 0.717) is 6.54 Å². The maximum absolute atomic E-state index is 10.4. The molecule has 0 aromatic rings. The molecule has 0 aromatic heterocycles. The molecule has 0 spiro atoms. The van der Waals surface area contributed by atoms with Gasteiger partial charge >= 0.3 is 11.9 Å². The fourth-order valence-corrected chi connectivity index (χ4v) is 1.18. The van der Waals surface area contributed by atoms with E-state index in [1.165, 1.54) is 7.11 Å². The Labute approximate surface area is 293 Å². The monoisotopic (exact) mass is 744 g/mol. The van der Waals surface area contributed by atoms with E-state index in [0.717, 1.165) is 62.1 Å². The summed E-state index contributed by atoms with van der Waals surface area (Å²) in [4.78, 5) is 76.5. The van der Waals surface area contributed by atoms with Crippen molar-refractivity contribution < 1.29 is 89.4 Å². The minimum absolute atomic E-state index is 0. The summed E-state index contributed by atoms with van der Waals surface area (Å²) in [5.74, 6) is -4.03. The molecule has 4 atom stereocenters. The molecule has 2 saturated heterocycles. The number of methoxy groups -OCH3 is 1. The number of hydrogen-bond acceptors (Lipinski definition) is 14. The number of rotatable bonds is 4. The molecule has 2 aliphatic rings. The third-order valence-electron chi connectivity index (χ3n) is 3.79. The van der Waals surface area contributed by atoms with Crippen molar-refractivity contribution in [1.82, 2.24) is 10.6 Å². The van der Waals surface area contributed by atoms with Crippen LogP contribution in [0, 0.1) is 23.7 Å². The molecule has 304 valence electrons. The van der Waals surface area contributed by atoms with E-state index in [1.54, 1.807) is 13.8 Å². The number of carbonyl (C=O) groups is 8. The Kier molecular flexibility index (Phi) is 81.3. The number of carbonyl (C=O) groups excluding carboxylic acids is 3. The van der Waals surface area contributed by atoms with Crippen molar-refractivity contribution in [2.24, 2.45) is 35.1 Å². The second-order valence-electron chi connectivity index (χ2n) is 8.50. The third-order valence-corrected chi connectivity index (χ3v) is 3.79. The van der Waals surface area contributed by atoms with E-state index in [1.807, 2.05) is 13.8 Å². The van der Waals surface area contributed by atoms with Gasteiger partial charge in [-0.3, -0.25) is 38.4 Å². The maximum Gasteiger partial charge on any atom is 0.309 e. The van der Waals surface area contributed by atoms with Gasteiger partial charge < -0.3 is 73.2 Å². The zero-order valence-corrected chi connectivity index (χ0v) is 31.0. The lowest BCUT2D eigenvalue weighted by molar-refractivity contribution is -0.144. The van der Waals surface area contributed by atoms with Crippen LogP contribution in [0.1, 0.15) is 55.4 Å². The number of nitrogens with two attached hydrogens (primary N) is 2. The highest BCUT2D eigenvalue weighted by molar-refractivity contribution is 5.84. The Morgan fingerprint density at radius 3 is 0.840 bits per heavy atom. The fraction of sp³-hybridized carbons (Fsp3) is 0.714. The summed E-state index contributed by atoms with van der Waals surface area (Å²) in [6.45, 7) is 13.8. The van der Waals surface area contributed by atoms with Gasteiger partial charge in [-0.2, -0.15) is 0 Å². The molecule has 16 N–H and O–H groups in total. The van der Waals surface area contributed by atoms with Crippen LogP contribution in [0.15, 0.2) is 0 Å². The summed E-state index contributed by atoms with van der Waals surface area (Å²) < 4.78 is 4.38. The number of hydrogen-bond donors (Lipinski definition) is 12. The minimum atomic E-state index is -0.833. The van der Waals surface area contributed by atoms with E-state index >= 15 is 0 Å². The van der Waals surface area contributed by atoms with Crippen molar-refractivity contribution in [2.45, 2.75) is 55.4 Å². The zero-order valence-electron chi connectivity index (χ0n) is 31.0. The molecular formula is C28H64N4O18. The summed E-state index contributed by atoms with van der Waals surface area (Å²) in [6.07, 6.45) is 0. The quantitative estimate of drug-likeness (QED) is 0.103. The Morgan fingerprint density at radius 2 is 0.820 bits per heavy atom. The third kappa shape index (κ3) is 104. The van der Waals surface area contributed by atoms with Gasteiger partial charge in [0.25, 0.3) is 23.9 Å². The summed E-state index contributed by atoms with van der Waals surface area (Å²) >= 11 is 0. The second kappa shape index (κ2) is 56.8. The molecule has 0 aliphatic carbocycles. The first kappa shape index (κ1) is 71.5. The fourth-order valence-electron chi connectivity index (χ4n) is 1.18. The van der Waals surface area contributed by atoms with Crippen LogP contribution in [0.25, 0.3) is 0 Å². The van der Waals surface area contributed by atoms with Gasteiger partial charge in [0.1, 0.15) is 0 Å². The normalized spacial score (nSPS) is 13.9. The topological polar surface area (TPSA) is 415 Å². The van der Waals surface area contributed by atoms with Crippen molar-refractivity contribution in [3.8, 4) is 0 Å². The average molecular weight is 745 g/mol. The number of ether oxygens (including phenoxy) is 1. The van der Waals surface area contributed by atoms with Gasteiger partial charge in [0.2, 0.25) is 11.8 Å². The summed E-state index contributed by atoms with van der Waals surface area (Å²) in [7, 11) is 4.36. The van der Waals surface area contributed by atoms with Crippen molar-refractivity contribution in [1.29, 1.82) is 0 Å². The molecule has 0 aromatic carbocycles. The van der Waals surface area contributed by atoms with E-state index in [-0.39, 0.29) is 47.6 Å². The van der Waals surface area contributed by atoms with Crippen LogP contribution >= 0.6 is 0 Å². The molecule has 0 bridgehead atoms. The molecular weight excluding hydrogens is 680 g/mol. The first-order valence-electron chi connectivity index (χ1n) is 13.8. The molecule has 50 heavy (non-hydrogen) atoms. The van der Waals surface area contributed by atoms with Gasteiger partial charge in [0, 0.05) is 75.2 Å². The molecule has 2 aliphatic heterocycles. The van der Waals surface area contributed by atoms with E-state index in [4.69, 9.17) is 71.5 Å². The predicted octanol–water partition coefficient (Wildman–Crippen LogP) is -2.71. The molecule has 2 rings (SSSR count). The molecule has 2 amide bonds. The lowest BCUT2D eigenvalue weighted by atomic mass is 10.1. The highest BCUT2D eigenvalue weighted by atomic mass is 16.5. The van der Waals surface area contributed by atoms with Crippen LogP contribution in [0.3, 0.4) is 0 Å². The van der Waals surface area contributed by atoms with Gasteiger partial charge in [-0.25, -0.2) is 0 Å². The van der Waals surface area contributed by atoms with Crippen molar-refractivity contribution in [3.63, 3.8) is 0 Å². The van der Waals surface area contributed by atoms with Crippen LogP contribution in [-0.2, 0) is 43.1 Å². The summed E-state index contributed by atoms with van der Waals surface area (Å²) in [5.41, 5.74) is 10.1. The smallest absolute Gasteiger partial charge is 0.309 e. The van der Waals surface area contributed by atoms with Crippen LogP contribution in [0.4, 0.5) is 0 Å². The van der Waals surface area contributed by atoms with Gasteiger partial charge in [-0.15, -0.1) is 0 Å². The Hall–Kier alpha value is -4.48. The van der Waals surface area contributed by atoms with Crippen LogP contribution in [0.5, 0.6) is 0 Å². The molecule has 4 unspecified atom stereocenters. The molecule has 0 radical (unpaired) electrons. The van der Waals surface area contributed by atoms with Crippen LogP contribution < -0.4 is 22.1 Å². The van der Waals surface area contributed by atoms with E-state index in [9.17, 15) is 19.2 Å². The van der Waals surface area contributed by atoms with Crippen molar-refractivity contribution in [3.05, 3.63) is 0 Å². The number of aliphatic hydroxyl groups is 3. The number of nitrogens with one attached hydrogen (secondary N) is 2. The van der Waals surface area contributed by atoms with Crippen molar-refractivity contribution in [2.75, 3.05) is 54.6 Å². The number of aliphatic hydroxyl groups excluding tert-OH is 3. The largest absolute Gasteiger partial charge is 0.481 e. The van der Waals surface area contributed by atoms with E-state index < -0.39 is 35.8 Å². The van der Waals surface area contributed by atoms with Gasteiger partial charge in [0.15, 0.2) is 0 Å². The molecule has 2 fully saturated rings. The molecule has 2 heterocycles. The number of esters is 1. The Morgan fingerprint density at radius 1 is 0.640 bits per heavy atom. The van der Waals surface area contributed by atoms with Crippen LogP contribution in [-0.4, -0.2) is 149 Å². The standard InChI is InChI=1S/C5H11NO2.C4H9NO2.2C4H7NO.4C2H4O2.3CH4O.H2O/c1-4(3-6)5(7)8-2;1-3(2-5)4(6)7;2*1-3-2-5-4(3)6;4*1-2(3)4;3*1-2;/h4H,3,6H2,1-2H3;3H,2,5H2,1H3,(H,6,7);2*3H,2H2,1H3,(H,5,6);4*1H3,(H,3,4);3*2H,1H3;1H2. The average Bonchev–Trinajstić information content (AvgIpc) is 3.04. The van der Waals surface area contributed by atoms with Crippen molar-refractivity contribution >= 4 is 47.6 Å². The summed E-state index contributed by atoms with van der Waals surface area (Å²) in [6, 6.07) is 0. The number of carboxylic acids is 5. The first-order valence-corrected chi connectivity index (χ1v) is 13.8. The lowest BCUT2D eigenvalue weighted by Gasteiger charge is -2.20. The van der Waals surface area contributed by atoms with E-state index in [2.05, 4.69) is 15.4 Å². The highest BCUT2D eigenvalue weighted by Gasteiger charge is 2.21. The van der Waals surface area contributed by atoms with Gasteiger partial charge in [-0.1, -0.05) is 27.7 Å². The maximum atomic E-state index is 10.4. The number of aliphatic carboxylic acids is 5. The number of carboxylic acid groups (broad SMARTS) is 5.